The van der Waals surface area contributed by atoms with E-state index in [1.165, 1.54) is 5.56 Å². The Kier molecular flexibility index (Phi) is 3.41. The third kappa shape index (κ3) is 2.52. The number of hydrogen-bond donors (Lipinski definition) is 2. The number of nitrogens with two attached hydrogens (primary N) is 1. The monoisotopic (exact) mass is 220 g/mol. The highest BCUT2D eigenvalue weighted by molar-refractivity contribution is 5.64. The minimum Gasteiger partial charge on any atom is -0.449 e. The maximum Gasteiger partial charge on any atom is 0.404 e. The number of benzene rings is 1. The van der Waals surface area contributed by atoms with Crippen LogP contribution in [0.25, 0.3) is 0 Å². The van der Waals surface area contributed by atoms with Crippen LogP contribution in [0.3, 0.4) is 0 Å². The molecule has 3 N–H and O–H groups in total. The molecule has 1 saturated heterocycles. The van der Waals surface area contributed by atoms with Gasteiger partial charge in [-0.1, -0.05) is 30.3 Å². The average molecular weight is 220 g/mol. The summed E-state index contributed by atoms with van der Waals surface area (Å²) >= 11 is 0. The van der Waals surface area contributed by atoms with Crippen molar-refractivity contribution < 1.29 is 9.53 Å². The van der Waals surface area contributed by atoms with Crippen molar-refractivity contribution in [3.05, 3.63) is 35.9 Å². The van der Waals surface area contributed by atoms with E-state index in [0.717, 1.165) is 13.1 Å². The molecule has 1 amide bonds. The van der Waals surface area contributed by atoms with Crippen LogP contribution in [-0.4, -0.2) is 25.8 Å². The standard InChI is InChI=1S/C12H16N2O2/c13-12(15)16-8-10-6-14-7-11(10)9-4-2-1-3-5-9/h1-5,10-11,14H,6-8H2,(H2,13,15)/t10-,11-/m1/s1. The molecule has 0 aromatic heterocycles. The fraction of sp³-hybridized carbons (Fsp3) is 0.417. The van der Waals surface area contributed by atoms with Gasteiger partial charge in [0.2, 0.25) is 0 Å². The molecule has 4 heteroatoms. The molecular weight excluding hydrogens is 204 g/mol. The van der Waals surface area contributed by atoms with Crippen molar-refractivity contribution in [3.8, 4) is 0 Å². The number of carbonyl (C=O) groups excluding carboxylic acids is 1. The lowest BCUT2D eigenvalue weighted by Gasteiger charge is -2.18. The Bertz CT molecular complexity index is 353. The molecule has 1 aliphatic rings. The van der Waals surface area contributed by atoms with E-state index >= 15 is 0 Å². The first-order chi connectivity index (χ1) is 7.77. The minimum absolute atomic E-state index is 0.315. The van der Waals surface area contributed by atoms with Gasteiger partial charge in [0.1, 0.15) is 0 Å². The quantitative estimate of drug-likeness (QED) is 0.801. The van der Waals surface area contributed by atoms with Crippen molar-refractivity contribution in [2.75, 3.05) is 19.7 Å². The highest BCUT2D eigenvalue weighted by Gasteiger charge is 2.28. The summed E-state index contributed by atoms with van der Waals surface area (Å²) < 4.78 is 4.88. The maximum atomic E-state index is 10.6. The van der Waals surface area contributed by atoms with Gasteiger partial charge in [0, 0.05) is 24.9 Å². The number of nitrogens with one attached hydrogen (secondary N) is 1. The van der Waals surface area contributed by atoms with Crippen LogP contribution in [0.2, 0.25) is 0 Å². The van der Waals surface area contributed by atoms with Crippen molar-refractivity contribution in [3.63, 3.8) is 0 Å². The van der Waals surface area contributed by atoms with Gasteiger partial charge in [0.15, 0.2) is 0 Å². The van der Waals surface area contributed by atoms with Crippen LogP contribution in [0, 0.1) is 5.92 Å². The first kappa shape index (κ1) is 11.0. The van der Waals surface area contributed by atoms with E-state index in [-0.39, 0.29) is 0 Å². The number of primary amides is 1. The van der Waals surface area contributed by atoms with Crippen LogP contribution < -0.4 is 11.1 Å². The highest BCUT2D eigenvalue weighted by atomic mass is 16.5. The second-order valence-electron chi connectivity index (χ2n) is 4.07. The Morgan fingerprint density at radius 1 is 1.38 bits per heavy atom. The molecule has 1 aromatic rings. The molecule has 0 radical (unpaired) electrons. The van der Waals surface area contributed by atoms with E-state index < -0.39 is 6.09 Å². The van der Waals surface area contributed by atoms with E-state index in [9.17, 15) is 4.79 Å². The summed E-state index contributed by atoms with van der Waals surface area (Å²) in [5.74, 6) is 0.718. The fourth-order valence-corrected chi connectivity index (χ4v) is 2.19. The zero-order valence-electron chi connectivity index (χ0n) is 9.06. The summed E-state index contributed by atoms with van der Waals surface area (Å²) in [7, 11) is 0. The van der Waals surface area contributed by atoms with Crippen LogP contribution in [0.4, 0.5) is 4.79 Å². The Morgan fingerprint density at radius 2 is 2.12 bits per heavy atom. The first-order valence-electron chi connectivity index (χ1n) is 5.45. The lowest BCUT2D eigenvalue weighted by molar-refractivity contribution is 0.136. The molecule has 0 aliphatic carbocycles. The minimum atomic E-state index is -0.696. The van der Waals surface area contributed by atoms with Crippen LogP contribution >= 0.6 is 0 Å². The number of amides is 1. The van der Waals surface area contributed by atoms with Crippen LogP contribution in [0.15, 0.2) is 30.3 Å². The van der Waals surface area contributed by atoms with Gasteiger partial charge < -0.3 is 15.8 Å². The van der Waals surface area contributed by atoms with Gasteiger partial charge in [-0.05, 0) is 5.56 Å². The molecule has 4 nitrogen and oxygen atoms in total. The fourth-order valence-electron chi connectivity index (χ4n) is 2.19. The molecule has 1 aliphatic heterocycles. The molecule has 16 heavy (non-hydrogen) atoms. The van der Waals surface area contributed by atoms with Crippen molar-refractivity contribution in [1.29, 1.82) is 0 Å². The first-order valence-corrected chi connectivity index (χ1v) is 5.45. The van der Waals surface area contributed by atoms with Crippen molar-refractivity contribution in [2.24, 2.45) is 11.7 Å². The van der Waals surface area contributed by atoms with Gasteiger partial charge in [-0.15, -0.1) is 0 Å². The predicted molar refractivity (Wildman–Crippen MR) is 61.1 cm³/mol. The Labute approximate surface area is 94.8 Å². The summed E-state index contributed by atoms with van der Waals surface area (Å²) in [5.41, 5.74) is 6.26. The molecule has 1 heterocycles. The molecule has 1 aromatic carbocycles. The largest absolute Gasteiger partial charge is 0.449 e. The molecule has 2 atom stereocenters. The Morgan fingerprint density at radius 3 is 2.81 bits per heavy atom. The molecule has 0 unspecified atom stereocenters. The molecule has 1 fully saturated rings. The predicted octanol–water partition coefficient (Wildman–Crippen LogP) is 1.08. The molecule has 0 bridgehead atoms. The Balaban J connectivity index is 2.01. The van der Waals surface area contributed by atoms with Gasteiger partial charge in [0.25, 0.3) is 0 Å². The van der Waals surface area contributed by atoms with Crippen molar-refractivity contribution >= 4 is 6.09 Å². The van der Waals surface area contributed by atoms with Gasteiger partial charge in [-0.3, -0.25) is 0 Å². The zero-order chi connectivity index (χ0) is 11.4. The molecule has 2 rings (SSSR count). The summed E-state index contributed by atoms with van der Waals surface area (Å²) in [6.45, 7) is 2.19. The third-order valence-corrected chi connectivity index (χ3v) is 3.01. The molecule has 0 saturated carbocycles. The number of carbonyl (C=O) groups is 1. The van der Waals surface area contributed by atoms with Crippen LogP contribution in [0.1, 0.15) is 11.5 Å². The van der Waals surface area contributed by atoms with E-state index in [1.807, 2.05) is 18.2 Å². The van der Waals surface area contributed by atoms with Gasteiger partial charge in [-0.25, -0.2) is 4.79 Å². The van der Waals surface area contributed by atoms with Crippen LogP contribution in [-0.2, 0) is 4.74 Å². The highest BCUT2D eigenvalue weighted by Crippen LogP contribution is 2.27. The van der Waals surface area contributed by atoms with Gasteiger partial charge in [-0.2, -0.15) is 0 Å². The average Bonchev–Trinajstić information content (AvgIpc) is 2.75. The van der Waals surface area contributed by atoms with E-state index in [4.69, 9.17) is 10.5 Å². The maximum absolute atomic E-state index is 10.6. The van der Waals surface area contributed by atoms with Crippen LogP contribution in [0.5, 0.6) is 0 Å². The van der Waals surface area contributed by atoms with E-state index in [0.29, 0.717) is 18.4 Å². The molecule has 86 valence electrons. The summed E-state index contributed by atoms with van der Waals surface area (Å²) in [6, 6.07) is 10.3. The topological polar surface area (TPSA) is 64.4 Å². The van der Waals surface area contributed by atoms with Crippen molar-refractivity contribution in [2.45, 2.75) is 5.92 Å². The lowest BCUT2D eigenvalue weighted by Crippen LogP contribution is -2.22. The van der Waals surface area contributed by atoms with E-state index in [2.05, 4.69) is 17.4 Å². The number of ether oxygens (including phenoxy) is 1. The normalized spacial score (nSPS) is 24.2. The number of rotatable bonds is 3. The summed E-state index contributed by atoms with van der Waals surface area (Å²) in [4.78, 5) is 10.6. The van der Waals surface area contributed by atoms with Crippen molar-refractivity contribution in [1.82, 2.24) is 5.32 Å². The molecule has 0 spiro atoms. The SMILES string of the molecule is NC(=O)OC[C@H]1CNC[C@@H]1c1ccccc1. The second kappa shape index (κ2) is 4.99. The molecular formula is C12H16N2O2. The van der Waals surface area contributed by atoms with Gasteiger partial charge >= 0.3 is 6.09 Å². The number of hydrogen-bond acceptors (Lipinski definition) is 3. The lowest BCUT2D eigenvalue weighted by atomic mass is 9.89. The summed E-state index contributed by atoms with van der Waals surface area (Å²) in [6.07, 6.45) is -0.696. The second-order valence-corrected chi connectivity index (χ2v) is 4.07. The zero-order valence-corrected chi connectivity index (χ0v) is 9.06. The van der Waals surface area contributed by atoms with Gasteiger partial charge in [0.05, 0.1) is 6.61 Å². The Hall–Kier alpha value is -1.55. The summed E-state index contributed by atoms with van der Waals surface area (Å²) in [5, 5.41) is 3.31. The third-order valence-electron chi connectivity index (χ3n) is 3.01. The smallest absolute Gasteiger partial charge is 0.404 e. The van der Waals surface area contributed by atoms with E-state index in [1.54, 1.807) is 0 Å².